The molecular weight excluding hydrogens is 278 g/mol. The van der Waals surface area contributed by atoms with Gasteiger partial charge in [-0.05, 0) is 55.6 Å². The van der Waals surface area contributed by atoms with Gasteiger partial charge in [0.25, 0.3) is 0 Å². The predicted molar refractivity (Wildman–Crippen MR) is 98.4 cm³/mol. The number of nitriles is 1. The summed E-state index contributed by atoms with van der Waals surface area (Å²) in [5.74, 6) is 0.852. The van der Waals surface area contributed by atoms with Crippen LogP contribution in [0, 0.1) is 17.2 Å². The Balaban J connectivity index is 1.97. The van der Waals surface area contributed by atoms with Crippen LogP contribution < -0.4 is 0 Å². The van der Waals surface area contributed by atoms with Crippen LogP contribution in [0.15, 0.2) is 24.3 Å². The molecule has 2 rings (SSSR count). The third-order valence-corrected chi connectivity index (χ3v) is 5.71. The van der Waals surface area contributed by atoms with Crippen molar-refractivity contribution in [2.75, 3.05) is 0 Å². The summed E-state index contributed by atoms with van der Waals surface area (Å²) in [6.45, 7) is 4.51. The average Bonchev–Trinajstić information content (AvgIpc) is 2.61. The van der Waals surface area contributed by atoms with Gasteiger partial charge in [0.2, 0.25) is 0 Å². The molecule has 1 aliphatic carbocycles. The lowest BCUT2D eigenvalue weighted by Gasteiger charge is -2.35. The minimum Gasteiger partial charge on any atom is -0.197 e. The lowest BCUT2D eigenvalue weighted by Crippen LogP contribution is -2.30. The van der Waals surface area contributed by atoms with E-state index in [0.29, 0.717) is 0 Å². The highest BCUT2D eigenvalue weighted by Crippen LogP contribution is 2.42. The van der Waals surface area contributed by atoms with Crippen molar-refractivity contribution >= 4 is 0 Å². The van der Waals surface area contributed by atoms with E-state index >= 15 is 0 Å². The Morgan fingerprint density at radius 1 is 1.00 bits per heavy atom. The Hall–Kier alpha value is -1.29. The molecule has 1 aromatic rings. The van der Waals surface area contributed by atoms with Gasteiger partial charge in [-0.1, -0.05) is 70.2 Å². The number of unbranched alkanes of at least 4 members (excludes halogenated alkanes) is 3. The van der Waals surface area contributed by atoms with Crippen LogP contribution in [0.2, 0.25) is 0 Å². The first-order valence-corrected chi connectivity index (χ1v) is 9.74. The van der Waals surface area contributed by atoms with Crippen molar-refractivity contribution in [3.8, 4) is 6.07 Å². The summed E-state index contributed by atoms with van der Waals surface area (Å²) >= 11 is 0. The zero-order chi connectivity index (χ0) is 16.5. The van der Waals surface area contributed by atoms with Crippen LogP contribution in [-0.4, -0.2) is 0 Å². The molecule has 0 spiro atoms. The Kier molecular flexibility index (Phi) is 7.15. The van der Waals surface area contributed by atoms with E-state index in [1.165, 1.54) is 68.9 Å². The minimum absolute atomic E-state index is 0.218. The summed E-state index contributed by atoms with van der Waals surface area (Å²) in [4.78, 5) is 0. The minimum atomic E-state index is -0.218. The normalized spacial score (nSPS) is 24.3. The van der Waals surface area contributed by atoms with E-state index in [0.717, 1.165) is 18.8 Å². The smallest absolute Gasteiger partial charge is 0.0822 e. The summed E-state index contributed by atoms with van der Waals surface area (Å²) in [5, 5.41) is 9.85. The predicted octanol–water partition coefficient (Wildman–Crippen LogP) is 6.56. The second-order valence-electron chi connectivity index (χ2n) is 7.43. The molecule has 0 unspecified atom stereocenters. The number of hydrogen-bond acceptors (Lipinski definition) is 1. The molecule has 0 N–H and O–H groups in total. The molecule has 0 bridgehead atoms. The van der Waals surface area contributed by atoms with Crippen molar-refractivity contribution in [3.63, 3.8) is 0 Å². The van der Waals surface area contributed by atoms with Crippen LogP contribution in [0.25, 0.3) is 0 Å². The number of benzene rings is 1. The second-order valence-corrected chi connectivity index (χ2v) is 7.43. The molecule has 1 heteroatoms. The zero-order valence-electron chi connectivity index (χ0n) is 15.1. The molecule has 1 fully saturated rings. The lowest BCUT2D eigenvalue weighted by atomic mass is 9.67. The molecule has 126 valence electrons. The quantitative estimate of drug-likeness (QED) is 0.499. The first kappa shape index (κ1) is 18.1. The monoisotopic (exact) mass is 311 g/mol. The molecule has 0 aromatic heterocycles. The van der Waals surface area contributed by atoms with Gasteiger partial charge in [-0.25, -0.2) is 0 Å². The maximum absolute atomic E-state index is 9.85. The number of hydrogen-bond donors (Lipinski definition) is 0. The highest BCUT2D eigenvalue weighted by Gasteiger charge is 2.36. The Morgan fingerprint density at radius 3 is 2.22 bits per heavy atom. The molecule has 1 aliphatic rings. The van der Waals surface area contributed by atoms with Gasteiger partial charge in [-0.15, -0.1) is 0 Å². The van der Waals surface area contributed by atoms with Crippen LogP contribution >= 0.6 is 0 Å². The van der Waals surface area contributed by atoms with Gasteiger partial charge >= 0.3 is 0 Å². The first-order chi connectivity index (χ1) is 11.2. The fraction of sp³-hybridized carbons (Fsp3) is 0.682. The van der Waals surface area contributed by atoms with Gasteiger partial charge in [-0.2, -0.15) is 5.26 Å². The summed E-state index contributed by atoms with van der Waals surface area (Å²) in [5.41, 5.74) is 2.46. The van der Waals surface area contributed by atoms with Gasteiger partial charge in [-0.3, -0.25) is 0 Å². The van der Waals surface area contributed by atoms with Crippen LogP contribution in [0.3, 0.4) is 0 Å². The SMILES string of the molecule is CCCCCc1ccc([C@]2(C#N)CC[C@H](CCCC)CC2)cc1. The van der Waals surface area contributed by atoms with Crippen molar-refractivity contribution in [3.05, 3.63) is 35.4 Å². The molecular formula is C22H33N. The standard InChI is InChI=1S/C22H33N/c1-3-5-7-9-19-10-12-21(13-11-19)22(18-23)16-14-20(15-17-22)8-6-4-2/h10-13,20H,3-9,14-17H2,1-2H3/t20-,22+. The van der Waals surface area contributed by atoms with Crippen molar-refractivity contribution in [1.82, 2.24) is 0 Å². The average molecular weight is 312 g/mol. The molecule has 1 aromatic carbocycles. The van der Waals surface area contributed by atoms with E-state index in [4.69, 9.17) is 0 Å². The van der Waals surface area contributed by atoms with Crippen LogP contribution in [0.4, 0.5) is 0 Å². The van der Waals surface area contributed by atoms with Gasteiger partial charge in [0.1, 0.15) is 0 Å². The molecule has 0 saturated heterocycles. The Morgan fingerprint density at radius 2 is 1.65 bits per heavy atom. The molecule has 1 nitrogen and oxygen atoms in total. The van der Waals surface area contributed by atoms with Crippen LogP contribution in [-0.2, 0) is 11.8 Å². The van der Waals surface area contributed by atoms with Crippen molar-refractivity contribution in [1.29, 1.82) is 5.26 Å². The maximum Gasteiger partial charge on any atom is 0.0822 e. The highest BCUT2D eigenvalue weighted by molar-refractivity contribution is 5.35. The first-order valence-electron chi connectivity index (χ1n) is 9.74. The van der Waals surface area contributed by atoms with Gasteiger partial charge in [0, 0.05) is 0 Å². The van der Waals surface area contributed by atoms with E-state index < -0.39 is 0 Å². The number of aryl methyl sites for hydroxylation is 1. The third kappa shape index (κ3) is 4.84. The third-order valence-electron chi connectivity index (χ3n) is 5.71. The molecule has 0 aliphatic heterocycles. The van der Waals surface area contributed by atoms with Crippen LogP contribution in [0.1, 0.15) is 89.2 Å². The topological polar surface area (TPSA) is 23.8 Å². The van der Waals surface area contributed by atoms with E-state index in [1.54, 1.807) is 0 Å². The fourth-order valence-corrected chi connectivity index (χ4v) is 3.99. The Labute approximate surface area is 143 Å². The zero-order valence-corrected chi connectivity index (χ0v) is 15.1. The molecule has 0 atom stereocenters. The molecule has 23 heavy (non-hydrogen) atoms. The van der Waals surface area contributed by atoms with E-state index in [-0.39, 0.29) is 5.41 Å². The second kappa shape index (κ2) is 9.11. The number of rotatable bonds is 8. The van der Waals surface area contributed by atoms with Crippen molar-refractivity contribution < 1.29 is 0 Å². The molecule has 0 heterocycles. The largest absolute Gasteiger partial charge is 0.197 e. The van der Waals surface area contributed by atoms with Gasteiger partial charge in [0.05, 0.1) is 11.5 Å². The molecule has 0 amide bonds. The van der Waals surface area contributed by atoms with Gasteiger partial charge in [0.15, 0.2) is 0 Å². The Bertz CT molecular complexity index is 486. The summed E-state index contributed by atoms with van der Waals surface area (Å²) in [6, 6.07) is 11.7. The lowest BCUT2D eigenvalue weighted by molar-refractivity contribution is 0.262. The summed E-state index contributed by atoms with van der Waals surface area (Å²) < 4.78 is 0. The molecule has 1 saturated carbocycles. The van der Waals surface area contributed by atoms with Crippen LogP contribution in [0.5, 0.6) is 0 Å². The number of nitrogens with zero attached hydrogens (tertiary/aromatic N) is 1. The summed E-state index contributed by atoms with van der Waals surface area (Å²) in [7, 11) is 0. The maximum atomic E-state index is 9.85. The fourth-order valence-electron chi connectivity index (χ4n) is 3.99. The summed E-state index contributed by atoms with van der Waals surface area (Å²) in [6.07, 6.45) is 13.6. The molecule has 0 radical (unpaired) electrons. The highest BCUT2D eigenvalue weighted by atomic mass is 14.4. The van der Waals surface area contributed by atoms with E-state index in [9.17, 15) is 5.26 Å². The van der Waals surface area contributed by atoms with Crippen molar-refractivity contribution in [2.24, 2.45) is 5.92 Å². The van der Waals surface area contributed by atoms with Crippen molar-refractivity contribution in [2.45, 2.75) is 89.9 Å². The van der Waals surface area contributed by atoms with Gasteiger partial charge < -0.3 is 0 Å². The van der Waals surface area contributed by atoms with E-state index in [2.05, 4.69) is 44.2 Å². The van der Waals surface area contributed by atoms with E-state index in [1.807, 2.05) is 0 Å².